The molecular weight excluding hydrogens is 381 g/mol. The molecule has 0 heterocycles. The molecule has 0 unspecified atom stereocenters. The lowest BCUT2D eigenvalue weighted by Gasteiger charge is -2.24. The Hall–Kier alpha value is -2.81. The van der Waals surface area contributed by atoms with Crippen molar-refractivity contribution in [3.05, 3.63) is 66.7 Å². The smallest absolute Gasteiger partial charge is 0.326 e. The molecule has 144 valence electrons. The molecule has 1 N–H and O–H groups in total. The van der Waals surface area contributed by atoms with Crippen LogP contribution in [0.3, 0.4) is 0 Å². The fourth-order valence-corrected chi connectivity index (χ4v) is 3.76. The van der Waals surface area contributed by atoms with E-state index in [1.807, 2.05) is 0 Å². The van der Waals surface area contributed by atoms with Gasteiger partial charge in [0.25, 0.3) is 10.0 Å². The Labute approximate surface area is 155 Å². The minimum Gasteiger partial charge on any atom is -0.326 e. The quantitative estimate of drug-likeness (QED) is 0.747. The summed E-state index contributed by atoms with van der Waals surface area (Å²) in [5, 5.41) is 2.51. The second-order valence-electron chi connectivity index (χ2n) is 5.58. The molecule has 0 saturated heterocycles. The average Bonchev–Trinajstić information content (AvgIpc) is 2.59. The van der Waals surface area contributed by atoms with Crippen molar-refractivity contribution >= 4 is 27.3 Å². The van der Waals surface area contributed by atoms with Crippen LogP contribution in [-0.2, 0) is 21.0 Å². The lowest BCUT2D eigenvalue weighted by molar-refractivity contribution is -0.137. The first-order valence-electron chi connectivity index (χ1n) is 7.74. The van der Waals surface area contributed by atoms with E-state index in [-0.39, 0.29) is 23.0 Å². The number of benzene rings is 2. The van der Waals surface area contributed by atoms with Crippen LogP contribution in [0.2, 0.25) is 0 Å². The van der Waals surface area contributed by atoms with Gasteiger partial charge in [-0.2, -0.15) is 13.2 Å². The highest BCUT2D eigenvalue weighted by Gasteiger charge is 2.32. The molecule has 0 radical (unpaired) electrons. The third-order valence-corrected chi connectivity index (χ3v) is 5.33. The van der Waals surface area contributed by atoms with E-state index in [1.54, 1.807) is 0 Å². The van der Waals surface area contributed by atoms with E-state index in [9.17, 15) is 26.4 Å². The minimum atomic E-state index is -4.60. The fourth-order valence-electron chi connectivity index (χ4n) is 2.34. The largest absolute Gasteiger partial charge is 0.416 e. The molecule has 2 aromatic carbocycles. The molecule has 0 aliphatic heterocycles. The normalized spacial score (nSPS) is 11.7. The standard InChI is InChI=1S/C18H17F3N2O3S/c1-3-11-23(16-6-4-5-14(12-16)18(19,20)21)27(25,26)17-9-7-15(8-10-17)22-13(2)24/h3-10,12H,1,11H2,2H3,(H,22,24). The molecule has 2 aromatic rings. The van der Waals surface area contributed by atoms with Crippen LogP contribution in [-0.4, -0.2) is 20.9 Å². The van der Waals surface area contributed by atoms with Gasteiger partial charge in [-0.05, 0) is 42.5 Å². The van der Waals surface area contributed by atoms with Crippen LogP contribution in [0.1, 0.15) is 12.5 Å². The number of carbonyl (C=O) groups is 1. The molecule has 5 nitrogen and oxygen atoms in total. The molecule has 0 saturated carbocycles. The zero-order chi connectivity index (χ0) is 20.2. The zero-order valence-electron chi connectivity index (χ0n) is 14.3. The van der Waals surface area contributed by atoms with Gasteiger partial charge in [-0.25, -0.2) is 8.42 Å². The highest BCUT2D eigenvalue weighted by Crippen LogP contribution is 2.33. The first-order chi connectivity index (χ1) is 12.6. The highest BCUT2D eigenvalue weighted by atomic mass is 32.2. The third kappa shape index (κ3) is 4.88. The van der Waals surface area contributed by atoms with E-state index in [4.69, 9.17) is 0 Å². The van der Waals surface area contributed by atoms with Crippen LogP contribution in [0.15, 0.2) is 66.1 Å². The van der Waals surface area contributed by atoms with Gasteiger partial charge < -0.3 is 5.32 Å². The van der Waals surface area contributed by atoms with Gasteiger partial charge in [0.2, 0.25) is 5.91 Å². The van der Waals surface area contributed by atoms with Crippen LogP contribution in [0.25, 0.3) is 0 Å². The van der Waals surface area contributed by atoms with Gasteiger partial charge >= 0.3 is 6.18 Å². The number of alkyl halides is 3. The molecule has 2 rings (SSSR count). The SMILES string of the molecule is C=CCN(c1cccc(C(F)(F)F)c1)S(=O)(=O)c1ccc(NC(C)=O)cc1. The number of rotatable bonds is 6. The van der Waals surface area contributed by atoms with E-state index in [0.29, 0.717) is 5.69 Å². The highest BCUT2D eigenvalue weighted by molar-refractivity contribution is 7.92. The minimum absolute atomic E-state index is 0.129. The molecule has 0 fully saturated rings. The van der Waals surface area contributed by atoms with Gasteiger partial charge in [0, 0.05) is 12.6 Å². The number of sulfonamides is 1. The van der Waals surface area contributed by atoms with E-state index in [1.165, 1.54) is 43.3 Å². The number of anilines is 2. The predicted octanol–water partition coefficient (Wildman–Crippen LogP) is 4.05. The number of nitrogens with zero attached hydrogens (tertiary/aromatic N) is 1. The van der Waals surface area contributed by atoms with Crippen molar-refractivity contribution in [2.75, 3.05) is 16.2 Å². The molecule has 1 amide bonds. The van der Waals surface area contributed by atoms with E-state index in [0.717, 1.165) is 22.5 Å². The summed E-state index contributed by atoms with van der Waals surface area (Å²) < 4.78 is 65.6. The van der Waals surface area contributed by atoms with Gasteiger partial charge in [-0.1, -0.05) is 12.1 Å². The van der Waals surface area contributed by atoms with Gasteiger partial charge in [-0.15, -0.1) is 6.58 Å². The summed E-state index contributed by atoms with van der Waals surface area (Å²) in [4.78, 5) is 10.9. The molecule has 0 atom stereocenters. The molecule has 0 aromatic heterocycles. The zero-order valence-corrected chi connectivity index (χ0v) is 15.1. The van der Waals surface area contributed by atoms with Gasteiger partial charge in [0.15, 0.2) is 0 Å². The van der Waals surface area contributed by atoms with Gasteiger partial charge in [-0.3, -0.25) is 9.10 Å². The maximum absolute atomic E-state index is 13.0. The lowest BCUT2D eigenvalue weighted by Crippen LogP contribution is -2.31. The maximum Gasteiger partial charge on any atom is 0.416 e. The number of hydrogen-bond donors (Lipinski definition) is 1. The summed E-state index contributed by atoms with van der Waals surface area (Å²) in [6, 6.07) is 9.39. The van der Waals surface area contributed by atoms with Gasteiger partial charge in [0.1, 0.15) is 0 Å². The van der Waals surface area contributed by atoms with Crippen molar-refractivity contribution in [2.45, 2.75) is 18.0 Å². The first-order valence-corrected chi connectivity index (χ1v) is 9.18. The van der Waals surface area contributed by atoms with E-state index < -0.39 is 21.8 Å². The van der Waals surface area contributed by atoms with Crippen LogP contribution in [0.4, 0.5) is 24.5 Å². The molecule has 0 bridgehead atoms. The Morgan fingerprint density at radius 3 is 2.33 bits per heavy atom. The monoisotopic (exact) mass is 398 g/mol. The summed E-state index contributed by atoms with van der Waals surface area (Å²) in [5.74, 6) is -0.317. The van der Waals surface area contributed by atoms with Crippen molar-refractivity contribution < 1.29 is 26.4 Å². The predicted molar refractivity (Wildman–Crippen MR) is 96.9 cm³/mol. The summed E-state index contributed by atoms with van der Waals surface area (Å²) in [7, 11) is -4.14. The maximum atomic E-state index is 13.0. The molecule has 0 aliphatic carbocycles. The van der Waals surface area contributed by atoms with Crippen molar-refractivity contribution in [3.8, 4) is 0 Å². The summed E-state index contributed by atoms with van der Waals surface area (Å²) in [5.41, 5.74) is -0.684. The number of halogens is 3. The Balaban J connectivity index is 2.46. The summed E-state index contributed by atoms with van der Waals surface area (Å²) in [6.07, 6.45) is -3.32. The number of carbonyl (C=O) groups excluding carboxylic acids is 1. The average molecular weight is 398 g/mol. The topological polar surface area (TPSA) is 66.5 Å². The van der Waals surface area contributed by atoms with Crippen molar-refractivity contribution in [3.63, 3.8) is 0 Å². The van der Waals surface area contributed by atoms with E-state index >= 15 is 0 Å². The van der Waals surface area contributed by atoms with Crippen molar-refractivity contribution in [1.82, 2.24) is 0 Å². The first kappa shape index (κ1) is 20.5. The lowest BCUT2D eigenvalue weighted by atomic mass is 10.2. The van der Waals surface area contributed by atoms with E-state index in [2.05, 4.69) is 11.9 Å². The number of hydrogen-bond acceptors (Lipinski definition) is 3. The van der Waals surface area contributed by atoms with Crippen LogP contribution >= 0.6 is 0 Å². The molecule has 0 spiro atoms. The van der Waals surface area contributed by atoms with Crippen molar-refractivity contribution in [2.24, 2.45) is 0 Å². The molecule has 9 heteroatoms. The fraction of sp³-hybridized carbons (Fsp3) is 0.167. The van der Waals surface area contributed by atoms with Crippen LogP contribution in [0, 0.1) is 0 Å². The van der Waals surface area contributed by atoms with Gasteiger partial charge in [0.05, 0.1) is 22.7 Å². The Bertz CT molecular complexity index is 939. The summed E-state index contributed by atoms with van der Waals surface area (Å²) in [6.45, 7) is 4.57. The molecule has 27 heavy (non-hydrogen) atoms. The Morgan fingerprint density at radius 2 is 1.81 bits per heavy atom. The number of amides is 1. The Kier molecular flexibility index (Phi) is 5.94. The van der Waals surface area contributed by atoms with Crippen LogP contribution in [0.5, 0.6) is 0 Å². The van der Waals surface area contributed by atoms with Crippen LogP contribution < -0.4 is 9.62 Å². The van der Waals surface area contributed by atoms with Crippen molar-refractivity contribution in [1.29, 1.82) is 0 Å². The summed E-state index contributed by atoms with van der Waals surface area (Å²) >= 11 is 0. The Morgan fingerprint density at radius 1 is 1.19 bits per heavy atom. The second-order valence-corrected chi connectivity index (χ2v) is 7.44. The third-order valence-electron chi connectivity index (χ3n) is 3.52. The molecule has 0 aliphatic rings. The number of nitrogens with one attached hydrogen (secondary N) is 1. The second kappa shape index (κ2) is 7.83. The molecular formula is C18H17F3N2O3S.